The van der Waals surface area contributed by atoms with Gasteiger partial charge in [0.25, 0.3) is 0 Å². The molecule has 0 bridgehead atoms. The molecular weight excluding hydrogens is 156 g/mol. The van der Waals surface area contributed by atoms with Crippen LogP contribution >= 0.6 is 0 Å². The van der Waals surface area contributed by atoms with Crippen LogP contribution in [0.15, 0.2) is 11.3 Å². The minimum Gasteiger partial charge on any atom is -0.431 e. The number of aliphatic hydroxyl groups is 1. The number of aliphatic hydroxyl groups excluding tert-OH is 1. The van der Waals surface area contributed by atoms with Gasteiger partial charge in [-0.2, -0.15) is 0 Å². The van der Waals surface area contributed by atoms with Crippen molar-refractivity contribution in [1.82, 2.24) is 0 Å². The summed E-state index contributed by atoms with van der Waals surface area (Å²) < 4.78 is 5.04. The zero-order valence-electron chi connectivity index (χ0n) is 6.88. The first-order valence-electron chi connectivity index (χ1n) is 4.38. The Morgan fingerprint density at radius 2 is 2.17 bits per heavy atom. The lowest BCUT2D eigenvalue weighted by Crippen LogP contribution is -2.24. The first-order chi connectivity index (χ1) is 5.77. The Hall–Kier alpha value is -0.830. The lowest BCUT2D eigenvalue weighted by Gasteiger charge is -2.27. The molecule has 1 N–H and O–H groups in total. The predicted octanol–water partition coefficient (Wildman–Crippen LogP) is 1.12. The molecule has 0 saturated carbocycles. The summed E-state index contributed by atoms with van der Waals surface area (Å²) in [4.78, 5) is 10.9. The zero-order chi connectivity index (χ0) is 8.55. The van der Waals surface area contributed by atoms with Crippen molar-refractivity contribution in [3.63, 3.8) is 0 Å². The fraction of sp³-hybridized carbons (Fsp3) is 0.667. The van der Waals surface area contributed by atoms with Crippen LogP contribution in [0, 0.1) is 0 Å². The molecule has 3 nitrogen and oxygen atoms in total. The molecule has 1 aliphatic heterocycles. The second-order valence-corrected chi connectivity index (χ2v) is 3.33. The van der Waals surface area contributed by atoms with Gasteiger partial charge >= 0.3 is 5.97 Å². The van der Waals surface area contributed by atoms with Gasteiger partial charge in [0, 0.05) is 12.8 Å². The third-order valence-corrected chi connectivity index (χ3v) is 2.48. The van der Waals surface area contributed by atoms with Crippen LogP contribution in [0.25, 0.3) is 0 Å². The van der Waals surface area contributed by atoms with Gasteiger partial charge in [-0.1, -0.05) is 0 Å². The van der Waals surface area contributed by atoms with Gasteiger partial charge in [-0.05, 0) is 24.8 Å². The first kappa shape index (κ1) is 7.80. The summed E-state index contributed by atoms with van der Waals surface area (Å²) in [6.45, 7) is 0. The second-order valence-electron chi connectivity index (χ2n) is 3.33. The van der Waals surface area contributed by atoms with Crippen molar-refractivity contribution >= 4 is 5.97 Å². The van der Waals surface area contributed by atoms with Crippen LogP contribution in [-0.2, 0) is 9.53 Å². The highest BCUT2D eigenvalue weighted by molar-refractivity contribution is 5.72. The number of allylic oxidation sites excluding steroid dienone is 1. The van der Waals surface area contributed by atoms with Crippen molar-refractivity contribution < 1.29 is 14.6 Å². The molecule has 0 spiro atoms. The number of carbonyl (C=O) groups is 1. The van der Waals surface area contributed by atoms with E-state index in [9.17, 15) is 9.90 Å². The molecule has 1 heterocycles. The van der Waals surface area contributed by atoms with E-state index < -0.39 is 0 Å². The van der Waals surface area contributed by atoms with Crippen molar-refractivity contribution in [1.29, 1.82) is 0 Å². The Morgan fingerprint density at radius 1 is 1.33 bits per heavy atom. The summed E-state index contributed by atoms with van der Waals surface area (Å²) in [5.74, 6) is 0.591. The van der Waals surface area contributed by atoms with E-state index >= 15 is 0 Å². The monoisotopic (exact) mass is 168 g/mol. The molecule has 1 aliphatic carbocycles. The lowest BCUT2D eigenvalue weighted by molar-refractivity contribution is -0.141. The topological polar surface area (TPSA) is 46.5 Å². The van der Waals surface area contributed by atoms with Gasteiger partial charge in [0.15, 0.2) is 0 Å². The van der Waals surface area contributed by atoms with E-state index in [1.807, 2.05) is 0 Å². The number of esters is 1. The molecule has 66 valence electrons. The molecule has 0 aromatic rings. The van der Waals surface area contributed by atoms with Gasteiger partial charge in [0.1, 0.15) is 5.76 Å². The quantitative estimate of drug-likeness (QED) is 0.551. The summed E-state index contributed by atoms with van der Waals surface area (Å²) in [6, 6.07) is 0. The van der Waals surface area contributed by atoms with Crippen LogP contribution in [0.5, 0.6) is 0 Å². The smallest absolute Gasteiger partial charge is 0.311 e. The molecule has 2 aliphatic rings. The lowest BCUT2D eigenvalue weighted by atomic mass is 9.90. The van der Waals surface area contributed by atoms with Crippen LogP contribution < -0.4 is 0 Å². The van der Waals surface area contributed by atoms with Gasteiger partial charge in [-0.25, -0.2) is 0 Å². The van der Waals surface area contributed by atoms with Gasteiger partial charge in [0.2, 0.25) is 0 Å². The van der Waals surface area contributed by atoms with Crippen LogP contribution in [0.2, 0.25) is 0 Å². The summed E-state index contributed by atoms with van der Waals surface area (Å²) in [7, 11) is 0. The minimum absolute atomic E-state index is 0.150. The van der Waals surface area contributed by atoms with Crippen molar-refractivity contribution in [2.45, 2.75) is 38.2 Å². The molecule has 0 fully saturated rings. The van der Waals surface area contributed by atoms with Gasteiger partial charge < -0.3 is 9.84 Å². The molecule has 1 unspecified atom stereocenters. The minimum atomic E-state index is -0.359. The predicted molar refractivity (Wildman–Crippen MR) is 42.2 cm³/mol. The fourth-order valence-electron chi connectivity index (χ4n) is 1.82. The van der Waals surface area contributed by atoms with Crippen molar-refractivity contribution in [2.75, 3.05) is 0 Å². The number of hydrogen-bond acceptors (Lipinski definition) is 3. The highest BCUT2D eigenvalue weighted by Crippen LogP contribution is 2.32. The number of rotatable bonds is 0. The van der Waals surface area contributed by atoms with Crippen molar-refractivity contribution in [2.24, 2.45) is 0 Å². The normalized spacial score (nSPS) is 29.8. The van der Waals surface area contributed by atoms with E-state index in [0.29, 0.717) is 12.8 Å². The van der Waals surface area contributed by atoms with E-state index in [1.54, 1.807) is 0 Å². The fourth-order valence-corrected chi connectivity index (χ4v) is 1.82. The van der Waals surface area contributed by atoms with E-state index in [4.69, 9.17) is 4.74 Å². The molecule has 0 amide bonds. The van der Waals surface area contributed by atoms with Gasteiger partial charge in [0.05, 0.1) is 6.10 Å². The van der Waals surface area contributed by atoms with E-state index in [-0.39, 0.29) is 12.1 Å². The first-order valence-corrected chi connectivity index (χ1v) is 4.38. The highest BCUT2D eigenvalue weighted by atomic mass is 16.5. The van der Waals surface area contributed by atoms with Gasteiger partial charge in [-0.3, -0.25) is 4.79 Å². The van der Waals surface area contributed by atoms with E-state index in [2.05, 4.69) is 0 Å². The molecule has 0 radical (unpaired) electrons. The van der Waals surface area contributed by atoms with Crippen LogP contribution in [0.4, 0.5) is 0 Å². The molecule has 0 aromatic heterocycles. The summed E-state index contributed by atoms with van der Waals surface area (Å²) in [6.07, 6.45) is 3.31. The average Bonchev–Trinajstić information content (AvgIpc) is 2.04. The van der Waals surface area contributed by atoms with Gasteiger partial charge in [-0.15, -0.1) is 0 Å². The van der Waals surface area contributed by atoms with Crippen molar-refractivity contribution in [3.05, 3.63) is 11.3 Å². The Morgan fingerprint density at radius 3 is 3.00 bits per heavy atom. The molecule has 2 rings (SSSR count). The second kappa shape index (κ2) is 2.90. The summed E-state index contributed by atoms with van der Waals surface area (Å²) >= 11 is 0. The number of hydrogen-bond donors (Lipinski definition) is 1. The molecule has 12 heavy (non-hydrogen) atoms. The maximum Gasteiger partial charge on any atom is 0.311 e. The zero-order valence-corrected chi connectivity index (χ0v) is 6.88. The molecule has 1 atom stereocenters. The van der Waals surface area contributed by atoms with Crippen LogP contribution in [0.1, 0.15) is 32.1 Å². The maximum absolute atomic E-state index is 10.9. The van der Waals surface area contributed by atoms with E-state index in [0.717, 1.165) is 30.6 Å². The van der Waals surface area contributed by atoms with Crippen LogP contribution in [0.3, 0.4) is 0 Å². The molecule has 0 saturated heterocycles. The standard InChI is InChI=1S/C9H12O3/c10-7-2-1-3-8-6(7)4-5-9(11)12-8/h7,10H,1-5H2. The Kier molecular flexibility index (Phi) is 1.89. The third kappa shape index (κ3) is 1.25. The summed E-state index contributed by atoms with van der Waals surface area (Å²) in [5, 5.41) is 9.54. The SMILES string of the molecule is O=C1CCC2=C(CCCC2O)O1. The van der Waals surface area contributed by atoms with Crippen molar-refractivity contribution in [3.8, 4) is 0 Å². The summed E-state index contributed by atoms with van der Waals surface area (Å²) in [5.41, 5.74) is 0.959. The Balaban J connectivity index is 2.24. The van der Waals surface area contributed by atoms with Crippen LogP contribution in [-0.4, -0.2) is 17.2 Å². The average molecular weight is 168 g/mol. The highest BCUT2D eigenvalue weighted by Gasteiger charge is 2.27. The van der Waals surface area contributed by atoms with E-state index in [1.165, 1.54) is 0 Å². The Labute approximate surface area is 71.0 Å². The molecule has 0 aromatic carbocycles. The molecule has 3 heteroatoms. The maximum atomic E-state index is 10.9. The third-order valence-electron chi connectivity index (χ3n) is 2.48. The largest absolute Gasteiger partial charge is 0.431 e. The number of ether oxygens (including phenoxy) is 1. The number of carbonyl (C=O) groups excluding carboxylic acids is 1. The molecular formula is C9H12O3. The Bertz CT molecular complexity index is 242.